The van der Waals surface area contributed by atoms with Crippen LogP contribution in [-0.4, -0.2) is 32.3 Å². The third-order valence-corrected chi connectivity index (χ3v) is 1.76. The maximum Gasteiger partial charge on any atom is 0.193 e. The molecule has 0 aliphatic rings. The largest absolute Gasteiger partial charge is 0.362 e. The van der Waals surface area contributed by atoms with Crippen LogP contribution >= 0.6 is 12.2 Å². The van der Waals surface area contributed by atoms with Crippen LogP contribution in [-0.2, 0) is 6.54 Å². The zero-order valence-electron chi connectivity index (χ0n) is 8.24. The fourth-order valence-electron chi connectivity index (χ4n) is 0.776. The van der Waals surface area contributed by atoms with Gasteiger partial charge in [0.1, 0.15) is 0 Å². The fraction of sp³-hybridized carbons (Fsp3) is 0.714. The van der Waals surface area contributed by atoms with Crippen LogP contribution in [0.4, 0.5) is 0 Å². The lowest BCUT2D eigenvalue weighted by Gasteiger charge is -2.10. The van der Waals surface area contributed by atoms with Crippen LogP contribution in [0.25, 0.3) is 0 Å². The summed E-state index contributed by atoms with van der Waals surface area (Å²) < 4.78 is 0. The second-order valence-corrected chi connectivity index (χ2v) is 3.69. The molecular formula is C7H14N6S. The summed E-state index contributed by atoms with van der Waals surface area (Å²) in [4.78, 5) is 0. The smallest absolute Gasteiger partial charge is 0.193 e. The molecule has 0 unspecified atom stereocenters. The molecule has 1 aromatic heterocycles. The Labute approximate surface area is 87.9 Å². The molecule has 0 aromatic carbocycles. The van der Waals surface area contributed by atoms with Crippen molar-refractivity contribution in [1.82, 2.24) is 31.3 Å². The molecule has 0 atom stereocenters. The van der Waals surface area contributed by atoms with Gasteiger partial charge in [0.15, 0.2) is 10.9 Å². The molecule has 0 radical (unpaired) electrons. The topological polar surface area (TPSA) is 78.5 Å². The third-order valence-electron chi connectivity index (χ3n) is 1.47. The van der Waals surface area contributed by atoms with Gasteiger partial charge in [-0.25, -0.2) is 0 Å². The molecule has 0 bridgehead atoms. The van der Waals surface area contributed by atoms with Crippen molar-refractivity contribution in [3.8, 4) is 0 Å². The van der Waals surface area contributed by atoms with Gasteiger partial charge in [0.25, 0.3) is 0 Å². The molecule has 0 aliphatic heterocycles. The minimum atomic E-state index is 0.487. The average molecular weight is 214 g/mol. The van der Waals surface area contributed by atoms with Gasteiger partial charge in [-0.1, -0.05) is 19.1 Å². The molecule has 7 heteroatoms. The van der Waals surface area contributed by atoms with E-state index in [-0.39, 0.29) is 0 Å². The number of thiocarbonyl (C=S) groups is 1. The first-order valence-electron chi connectivity index (χ1n) is 4.42. The lowest BCUT2D eigenvalue weighted by Crippen LogP contribution is -2.36. The molecule has 6 nitrogen and oxygen atoms in total. The van der Waals surface area contributed by atoms with Crippen LogP contribution in [0.2, 0.25) is 0 Å². The molecule has 0 fully saturated rings. The van der Waals surface area contributed by atoms with Gasteiger partial charge < -0.3 is 10.6 Å². The molecule has 78 valence electrons. The van der Waals surface area contributed by atoms with E-state index < -0.39 is 0 Å². The zero-order valence-corrected chi connectivity index (χ0v) is 9.06. The molecule has 0 saturated heterocycles. The number of aromatic amines is 1. The molecule has 3 N–H and O–H groups in total. The van der Waals surface area contributed by atoms with Crippen LogP contribution in [0.3, 0.4) is 0 Å². The highest BCUT2D eigenvalue weighted by atomic mass is 32.1. The van der Waals surface area contributed by atoms with Gasteiger partial charge in [0, 0.05) is 6.54 Å². The highest BCUT2D eigenvalue weighted by Gasteiger charge is 2.00. The molecule has 0 spiro atoms. The summed E-state index contributed by atoms with van der Waals surface area (Å²) in [5.74, 6) is 1.17. The quantitative estimate of drug-likeness (QED) is 0.603. The van der Waals surface area contributed by atoms with Crippen molar-refractivity contribution in [1.29, 1.82) is 0 Å². The van der Waals surface area contributed by atoms with E-state index in [9.17, 15) is 0 Å². The summed E-state index contributed by atoms with van der Waals surface area (Å²) in [6, 6.07) is 0. The Bertz CT molecular complexity index is 270. The van der Waals surface area contributed by atoms with E-state index in [1.165, 1.54) is 0 Å². The van der Waals surface area contributed by atoms with E-state index in [1.807, 2.05) is 0 Å². The second-order valence-electron chi connectivity index (χ2n) is 3.29. The zero-order chi connectivity index (χ0) is 10.4. The molecule has 0 saturated carbocycles. The molecular weight excluding hydrogens is 200 g/mol. The summed E-state index contributed by atoms with van der Waals surface area (Å²) in [5, 5.41) is 20.0. The predicted molar refractivity (Wildman–Crippen MR) is 56.5 cm³/mol. The number of aromatic nitrogens is 4. The van der Waals surface area contributed by atoms with Gasteiger partial charge in [0.05, 0.1) is 6.54 Å². The standard InChI is InChI=1S/C7H14N6S/c1-5(2)3-8-7(14)9-4-6-10-12-13-11-6/h5H,3-4H2,1-2H3,(H2,8,9,14)(H,10,11,12,13). The van der Waals surface area contributed by atoms with E-state index in [1.54, 1.807) is 0 Å². The van der Waals surface area contributed by atoms with Gasteiger partial charge in [-0.05, 0) is 18.1 Å². The number of H-pyrrole nitrogens is 1. The molecule has 1 rings (SSSR count). The molecule has 14 heavy (non-hydrogen) atoms. The molecule has 0 aliphatic carbocycles. The van der Waals surface area contributed by atoms with Gasteiger partial charge in [-0.3, -0.25) is 0 Å². The summed E-state index contributed by atoms with van der Waals surface area (Å²) in [7, 11) is 0. The number of hydrogen-bond acceptors (Lipinski definition) is 4. The first-order valence-corrected chi connectivity index (χ1v) is 4.83. The number of tetrazole rings is 1. The number of rotatable bonds is 4. The fourth-order valence-corrected chi connectivity index (χ4v) is 0.932. The van der Waals surface area contributed by atoms with Crippen molar-refractivity contribution >= 4 is 17.3 Å². The van der Waals surface area contributed by atoms with Crippen molar-refractivity contribution in [3.05, 3.63) is 5.82 Å². The van der Waals surface area contributed by atoms with Crippen LogP contribution in [0, 0.1) is 5.92 Å². The minimum Gasteiger partial charge on any atom is -0.362 e. The Morgan fingerprint density at radius 1 is 1.50 bits per heavy atom. The Morgan fingerprint density at radius 2 is 2.29 bits per heavy atom. The highest BCUT2D eigenvalue weighted by Crippen LogP contribution is 1.87. The predicted octanol–water partition coefficient (Wildman–Crippen LogP) is -0.180. The highest BCUT2D eigenvalue weighted by molar-refractivity contribution is 7.80. The van der Waals surface area contributed by atoms with Gasteiger partial charge >= 0.3 is 0 Å². The lowest BCUT2D eigenvalue weighted by molar-refractivity contribution is 0.618. The maximum atomic E-state index is 5.04. The van der Waals surface area contributed by atoms with Crippen molar-refractivity contribution in [3.63, 3.8) is 0 Å². The number of hydrogen-bond donors (Lipinski definition) is 3. The van der Waals surface area contributed by atoms with Crippen LogP contribution in [0.1, 0.15) is 19.7 Å². The van der Waals surface area contributed by atoms with E-state index in [0.717, 1.165) is 6.54 Å². The molecule has 0 amide bonds. The summed E-state index contributed by atoms with van der Waals surface area (Å²) in [6.07, 6.45) is 0. The first-order chi connectivity index (χ1) is 6.68. The minimum absolute atomic E-state index is 0.487. The second kappa shape index (κ2) is 5.48. The first kappa shape index (κ1) is 10.8. The lowest BCUT2D eigenvalue weighted by atomic mass is 10.2. The van der Waals surface area contributed by atoms with E-state index in [4.69, 9.17) is 12.2 Å². The Kier molecular flexibility index (Phi) is 4.24. The van der Waals surface area contributed by atoms with Crippen LogP contribution < -0.4 is 10.6 Å². The normalized spacial score (nSPS) is 10.2. The Balaban J connectivity index is 2.15. The Morgan fingerprint density at radius 3 is 2.86 bits per heavy atom. The molecule has 1 aromatic rings. The average Bonchev–Trinajstić information content (AvgIpc) is 2.63. The van der Waals surface area contributed by atoms with E-state index in [2.05, 4.69) is 45.1 Å². The van der Waals surface area contributed by atoms with Crippen LogP contribution in [0.15, 0.2) is 0 Å². The number of nitrogens with zero attached hydrogens (tertiary/aromatic N) is 3. The van der Waals surface area contributed by atoms with Crippen molar-refractivity contribution in [2.45, 2.75) is 20.4 Å². The van der Waals surface area contributed by atoms with E-state index in [0.29, 0.717) is 23.4 Å². The third kappa shape index (κ3) is 4.13. The van der Waals surface area contributed by atoms with Crippen molar-refractivity contribution < 1.29 is 0 Å². The van der Waals surface area contributed by atoms with Crippen molar-refractivity contribution in [2.75, 3.05) is 6.54 Å². The van der Waals surface area contributed by atoms with Gasteiger partial charge in [-0.15, -0.1) is 10.2 Å². The summed E-state index contributed by atoms with van der Waals surface area (Å²) in [5.41, 5.74) is 0. The summed E-state index contributed by atoms with van der Waals surface area (Å²) in [6.45, 7) is 5.59. The molecule has 1 heterocycles. The maximum absolute atomic E-state index is 5.04. The SMILES string of the molecule is CC(C)CNC(=S)NCc1nn[nH]n1. The van der Waals surface area contributed by atoms with Gasteiger partial charge in [0.2, 0.25) is 0 Å². The Hall–Kier alpha value is -1.24. The number of nitrogens with one attached hydrogen (secondary N) is 3. The van der Waals surface area contributed by atoms with Gasteiger partial charge in [-0.2, -0.15) is 5.21 Å². The van der Waals surface area contributed by atoms with E-state index >= 15 is 0 Å². The summed E-state index contributed by atoms with van der Waals surface area (Å²) >= 11 is 5.04. The van der Waals surface area contributed by atoms with Crippen molar-refractivity contribution in [2.24, 2.45) is 5.92 Å². The monoisotopic (exact) mass is 214 g/mol. The van der Waals surface area contributed by atoms with Crippen LogP contribution in [0.5, 0.6) is 0 Å².